The Hall–Kier alpha value is -3.17. The number of rotatable bonds is 7. The van der Waals surface area contributed by atoms with Crippen LogP contribution < -0.4 is 14.9 Å². The molecule has 3 aromatic rings. The molecule has 0 aliphatic rings. The van der Waals surface area contributed by atoms with Gasteiger partial charge in [0.2, 0.25) is 11.8 Å². The standard InChI is InChI=1S/C23H22BrN3O4S/c1-16-9-11-22(12-10-16)32(30,31)27(21-8-3-5-18(24)13-21)15-23(29)26-20-7-4-6-19(14-20)25-17(2)28/h3-14H,15H2,1-2H3,(H,25,28)(H,26,29). The van der Waals surface area contributed by atoms with E-state index in [1.807, 2.05) is 6.92 Å². The summed E-state index contributed by atoms with van der Waals surface area (Å²) >= 11 is 3.35. The molecule has 0 aliphatic carbocycles. The van der Waals surface area contributed by atoms with Gasteiger partial charge in [0, 0.05) is 22.8 Å². The molecule has 7 nitrogen and oxygen atoms in total. The zero-order valence-electron chi connectivity index (χ0n) is 17.5. The molecular formula is C23H22BrN3O4S. The highest BCUT2D eigenvalue weighted by Gasteiger charge is 2.27. The van der Waals surface area contributed by atoms with Crippen molar-refractivity contribution in [3.05, 3.63) is 82.8 Å². The van der Waals surface area contributed by atoms with Crippen LogP contribution in [0.2, 0.25) is 0 Å². The number of halogens is 1. The lowest BCUT2D eigenvalue weighted by Crippen LogP contribution is -2.38. The summed E-state index contributed by atoms with van der Waals surface area (Å²) < 4.78 is 28.6. The minimum atomic E-state index is -4.00. The van der Waals surface area contributed by atoms with E-state index in [1.165, 1.54) is 19.1 Å². The van der Waals surface area contributed by atoms with Gasteiger partial charge in [-0.15, -0.1) is 0 Å². The van der Waals surface area contributed by atoms with E-state index < -0.39 is 22.5 Å². The van der Waals surface area contributed by atoms with Crippen LogP contribution in [-0.4, -0.2) is 26.8 Å². The number of benzene rings is 3. The number of amides is 2. The molecule has 2 amide bonds. The highest BCUT2D eigenvalue weighted by atomic mass is 79.9. The topological polar surface area (TPSA) is 95.6 Å². The zero-order valence-corrected chi connectivity index (χ0v) is 19.9. The fourth-order valence-corrected chi connectivity index (χ4v) is 4.79. The van der Waals surface area contributed by atoms with Crippen LogP contribution in [0.15, 0.2) is 82.2 Å². The second-order valence-electron chi connectivity index (χ2n) is 7.11. The molecule has 0 aromatic heterocycles. The van der Waals surface area contributed by atoms with Crippen molar-refractivity contribution in [2.24, 2.45) is 0 Å². The highest BCUT2D eigenvalue weighted by Crippen LogP contribution is 2.27. The van der Waals surface area contributed by atoms with Gasteiger partial charge in [-0.25, -0.2) is 8.42 Å². The first-order chi connectivity index (χ1) is 15.1. The maximum atomic E-state index is 13.4. The summed E-state index contributed by atoms with van der Waals surface area (Å²) in [6.07, 6.45) is 0. The van der Waals surface area contributed by atoms with Crippen molar-refractivity contribution in [1.82, 2.24) is 0 Å². The van der Waals surface area contributed by atoms with Gasteiger partial charge in [-0.1, -0.05) is 45.8 Å². The fraction of sp³-hybridized carbons (Fsp3) is 0.130. The molecule has 32 heavy (non-hydrogen) atoms. The van der Waals surface area contributed by atoms with Crippen LogP contribution >= 0.6 is 15.9 Å². The predicted octanol–water partition coefficient (Wildman–Crippen LogP) is 4.55. The molecule has 0 saturated heterocycles. The van der Waals surface area contributed by atoms with Gasteiger partial charge in [0.25, 0.3) is 10.0 Å². The van der Waals surface area contributed by atoms with Gasteiger partial charge in [0.05, 0.1) is 10.6 Å². The van der Waals surface area contributed by atoms with E-state index in [4.69, 9.17) is 0 Å². The maximum absolute atomic E-state index is 13.4. The first kappa shape index (κ1) is 23.5. The van der Waals surface area contributed by atoms with Crippen LogP contribution in [0.1, 0.15) is 12.5 Å². The minimum Gasteiger partial charge on any atom is -0.326 e. The Morgan fingerprint density at radius 2 is 1.53 bits per heavy atom. The number of nitrogens with zero attached hydrogens (tertiary/aromatic N) is 1. The molecule has 2 N–H and O–H groups in total. The lowest BCUT2D eigenvalue weighted by Gasteiger charge is -2.24. The van der Waals surface area contributed by atoms with Crippen LogP contribution in [0, 0.1) is 6.92 Å². The molecule has 0 fully saturated rings. The summed E-state index contributed by atoms with van der Waals surface area (Å²) in [5, 5.41) is 5.33. The SMILES string of the molecule is CC(=O)Nc1cccc(NC(=O)CN(c2cccc(Br)c2)S(=O)(=O)c2ccc(C)cc2)c1. The Bertz CT molecular complexity index is 1240. The van der Waals surface area contributed by atoms with Gasteiger partial charge in [-0.3, -0.25) is 13.9 Å². The smallest absolute Gasteiger partial charge is 0.264 e. The van der Waals surface area contributed by atoms with Crippen LogP contribution in [-0.2, 0) is 19.6 Å². The van der Waals surface area contributed by atoms with Crippen molar-refractivity contribution < 1.29 is 18.0 Å². The largest absolute Gasteiger partial charge is 0.326 e. The Morgan fingerprint density at radius 3 is 2.16 bits per heavy atom. The van der Waals surface area contributed by atoms with E-state index in [0.29, 0.717) is 21.5 Å². The number of hydrogen-bond acceptors (Lipinski definition) is 4. The van der Waals surface area contributed by atoms with E-state index in [2.05, 4.69) is 26.6 Å². The molecule has 166 valence electrons. The number of carbonyl (C=O) groups is 2. The zero-order chi connectivity index (χ0) is 23.3. The van der Waals surface area contributed by atoms with E-state index >= 15 is 0 Å². The molecule has 0 radical (unpaired) electrons. The predicted molar refractivity (Wildman–Crippen MR) is 129 cm³/mol. The summed E-state index contributed by atoms with van der Waals surface area (Å²) in [7, 11) is -4.00. The van der Waals surface area contributed by atoms with Crippen LogP contribution in [0.4, 0.5) is 17.1 Å². The third-order valence-corrected chi connectivity index (χ3v) is 6.74. The normalized spacial score (nSPS) is 11.0. The van der Waals surface area contributed by atoms with Crippen molar-refractivity contribution in [2.75, 3.05) is 21.5 Å². The monoisotopic (exact) mass is 515 g/mol. The molecule has 0 atom stereocenters. The first-order valence-electron chi connectivity index (χ1n) is 9.67. The Balaban J connectivity index is 1.90. The Labute approximate surface area is 195 Å². The molecule has 9 heteroatoms. The lowest BCUT2D eigenvalue weighted by atomic mass is 10.2. The molecular weight excluding hydrogens is 494 g/mol. The summed E-state index contributed by atoms with van der Waals surface area (Å²) in [4.78, 5) is 24.2. The summed E-state index contributed by atoms with van der Waals surface area (Å²) in [6.45, 7) is 2.82. The number of hydrogen-bond donors (Lipinski definition) is 2. The van der Waals surface area contributed by atoms with Gasteiger partial charge < -0.3 is 10.6 Å². The Kier molecular flexibility index (Phi) is 7.32. The number of carbonyl (C=O) groups excluding carboxylic acids is 2. The fourth-order valence-electron chi connectivity index (χ4n) is 2.99. The molecule has 3 aromatic carbocycles. The molecule has 3 rings (SSSR count). The van der Waals surface area contributed by atoms with E-state index in [9.17, 15) is 18.0 Å². The number of anilines is 3. The second kappa shape index (κ2) is 9.97. The van der Waals surface area contributed by atoms with Crippen LogP contribution in [0.25, 0.3) is 0 Å². The van der Waals surface area contributed by atoms with E-state index in [1.54, 1.807) is 60.7 Å². The number of nitrogens with one attached hydrogen (secondary N) is 2. The molecule has 0 bridgehead atoms. The van der Waals surface area contributed by atoms with Gasteiger partial charge in [-0.2, -0.15) is 0 Å². The maximum Gasteiger partial charge on any atom is 0.264 e. The third kappa shape index (κ3) is 5.95. The van der Waals surface area contributed by atoms with Gasteiger partial charge in [0.1, 0.15) is 6.54 Å². The third-order valence-electron chi connectivity index (χ3n) is 4.46. The van der Waals surface area contributed by atoms with Gasteiger partial charge in [0.15, 0.2) is 0 Å². The minimum absolute atomic E-state index is 0.0866. The van der Waals surface area contributed by atoms with Gasteiger partial charge in [-0.05, 0) is 55.5 Å². The van der Waals surface area contributed by atoms with E-state index in [0.717, 1.165) is 9.87 Å². The second-order valence-corrected chi connectivity index (χ2v) is 9.89. The van der Waals surface area contributed by atoms with Crippen LogP contribution in [0.5, 0.6) is 0 Å². The van der Waals surface area contributed by atoms with Gasteiger partial charge >= 0.3 is 0 Å². The quantitative estimate of drug-likeness (QED) is 0.482. The molecule has 0 spiro atoms. The summed E-state index contributed by atoms with van der Waals surface area (Å²) in [5.41, 5.74) is 2.23. The van der Waals surface area contributed by atoms with Crippen molar-refractivity contribution in [2.45, 2.75) is 18.7 Å². The van der Waals surface area contributed by atoms with Crippen LogP contribution in [0.3, 0.4) is 0 Å². The van der Waals surface area contributed by atoms with Crippen molar-refractivity contribution in [3.8, 4) is 0 Å². The van der Waals surface area contributed by atoms with E-state index in [-0.39, 0.29) is 10.8 Å². The lowest BCUT2D eigenvalue weighted by molar-refractivity contribution is -0.115. The number of aryl methyl sites for hydroxylation is 1. The Morgan fingerprint density at radius 1 is 0.906 bits per heavy atom. The van der Waals surface area contributed by atoms with Crippen molar-refractivity contribution in [3.63, 3.8) is 0 Å². The average Bonchev–Trinajstić information content (AvgIpc) is 2.72. The highest BCUT2D eigenvalue weighted by molar-refractivity contribution is 9.10. The molecule has 0 aliphatic heterocycles. The first-order valence-corrected chi connectivity index (χ1v) is 11.9. The van der Waals surface area contributed by atoms with Crippen molar-refractivity contribution >= 4 is 54.8 Å². The molecule has 0 saturated carbocycles. The van der Waals surface area contributed by atoms with Crippen molar-refractivity contribution in [1.29, 1.82) is 0 Å². The summed E-state index contributed by atoms with van der Waals surface area (Å²) in [6, 6.07) is 19.8. The molecule has 0 heterocycles. The average molecular weight is 516 g/mol. The molecule has 0 unspecified atom stereocenters. The number of sulfonamides is 1. The summed E-state index contributed by atoms with van der Waals surface area (Å²) in [5.74, 6) is -0.765.